The molecular weight excluding hydrogens is 1060 g/mol. The number of unbranched alkanes of at least 4 members (excludes halogenated alkanes) is 48. The highest BCUT2D eigenvalue weighted by molar-refractivity contribution is 5.76. The van der Waals surface area contributed by atoms with E-state index in [2.05, 4.69) is 19.2 Å². The van der Waals surface area contributed by atoms with Crippen LogP contribution >= 0.6 is 0 Å². The fourth-order valence-corrected chi connectivity index (χ4v) is 12.5. The first-order valence-electron chi connectivity index (χ1n) is 36.3. The lowest BCUT2D eigenvalue weighted by Gasteiger charge is -2.46. The first-order chi connectivity index (χ1) is 41.1. The fourth-order valence-electron chi connectivity index (χ4n) is 12.5. The number of aliphatic hydroxyl groups excluding tert-OH is 8. The lowest BCUT2D eigenvalue weighted by molar-refractivity contribution is -0.359. The topological polar surface area (TPSA) is 228 Å². The number of rotatable bonds is 61. The molecule has 84 heavy (non-hydrogen) atoms. The maximum Gasteiger partial charge on any atom is 0.220 e. The van der Waals surface area contributed by atoms with Gasteiger partial charge in [-0.1, -0.05) is 328 Å². The fraction of sp³-hybridized carbons (Fsp3) is 0.986. The second-order valence-electron chi connectivity index (χ2n) is 26.1. The van der Waals surface area contributed by atoms with Gasteiger partial charge in [-0.2, -0.15) is 0 Å². The third-order valence-electron chi connectivity index (χ3n) is 18.3. The number of ether oxygens (including phenoxy) is 4. The largest absolute Gasteiger partial charge is 0.394 e. The van der Waals surface area contributed by atoms with Gasteiger partial charge in [0.15, 0.2) is 12.6 Å². The summed E-state index contributed by atoms with van der Waals surface area (Å²) in [4.78, 5) is 13.4. The van der Waals surface area contributed by atoms with Crippen molar-refractivity contribution in [1.82, 2.24) is 5.32 Å². The standard InChI is InChI=1S/C70H137NO13/c1-3-5-7-9-11-13-15-17-19-21-23-25-27-28-29-30-31-32-34-36-38-40-42-44-46-48-50-52-54-62(75)71-58(57-81-69-67(80)65(78)68(61(56-73)83-69)84-70-66(79)64(77)63(76)60(55-72)82-70)59(74)53-51-49-47-45-43-41-39-37-35-33-26-24-22-20-18-16-14-12-10-8-6-4-2/h58-61,63-70,72-74,76-80H,3-57H2,1-2H3,(H,71,75). The summed E-state index contributed by atoms with van der Waals surface area (Å²) in [5, 5.41) is 87.7. The molecule has 2 aliphatic heterocycles. The number of nitrogens with one attached hydrogen (secondary N) is 1. The number of aliphatic hydroxyl groups is 8. The molecule has 0 aromatic carbocycles. The molecule has 12 unspecified atom stereocenters. The van der Waals surface area contributed by atoms with Crippen molar-refractivity contribution in [1.29, 1.82) is 0 Å². The van der Waals surface area contributed by atoms with Crippen LogP contribution in [0.1, 0.15) is 348 Å². The Morgan fingerprint density at radius 1 is 0.381 bits per heavy atom. The smallest absolute Gasteiger partial charge is 0.220 e. The molecule has 2 saturated heterocycles. The molecule has 0 bridgehead atoms. The van der Waals surface area contributed by atoms with Crippen LogP contribution in [0.25, 0.3) is 0 Å². The van der Waals surface area contributed by atoms with Crippen molar-refractivity contribution >= 4 is 5.91 Å². The van der Waals surface area contributed by atoms with Gasteiger partial charge in [-0.3, -0.25) is 4.79 Å². The monoisotopic (exact) mass is 1200 g/mol. The third kappa shape index (κ3) is 39.9. The molecule has 0 aromatic heterocycles. The second-order valence-corrected chi connectivity index (χ2v) is 26.1. The van der Waals surface area contributed by atoms with Crippen molar-refractivity contribution in [2.24, 2.45) is 0 Å². The Morgan fingerprint density at radius 2 is 0.679 bits per heavy atom. The van der Waals surface area contributed by atoms with Crippen molar-refractivity contribution in [3.8, 4) is 0 Å². The first-order valence-corrected chi connectivity index (χ1v) is 36.3. The van der Waals surface area contributed by atoms with Crippen molar-refractivity contribution in [3.63, 3.8) is 0 Å². The minimum Gasteiger partial charge on any atom is -0.394 e. The molecule has 9 N–H and O–H groups in total. The number of carbonyl (C=O) groups is 1. The van der Waals surface area contributed by atoms with Crippen molar-refractivity contribution in [2.75, 3.05) is 19.8 Å². The molecule has 2 fully saturated rings. The lowest BCUT2D eigenvalue weighted by Crippen LogP contribution is -2.65. The SMILES string of the molecule is CCCCCCCCCCCCCCCCCCCCCCCCCCCCCCC(=O)NC(COC1OC(CO)C(OC2OC(CO)C(O)C(O)C2O)C(O)C1O)C(O)CCCCCCCCCCCCCCCCCCCCCCCC. The highest BCUT2D eigenvalue weighted by Gasteiger charge is 2.51. The number of hydrogen-bond acceptors (Lipinski definition) is 13. The van der Waals surface area contributed by atoms with E-state index >= 15 is 0 Å². The van der Waals surface area contributed by atoms with E-state index in [1.165, 1.54) is 270 Å². The van der Waals surface area contributed by atoms with Gasteiger partial charge in [-0.25, -0.2) is 0 Å². The van der Waals surface area contributed by atoms with Crippen LogP contribution in [0.2, 0.25) is 0 Å². The van der Waals surface area contributed by atoms with Crippen molar-refractivity contribution in [3.05, 3.63) is 0 Å². The average molecular weight is 1200 g/mol. The van der Waals surface area contributed by atoms with Crippen molar-refractivity contribution < 1.29 is 64.6 Å². The van der Waals surface area contributed by atoms with E-state index in [0.717, 1.165) is 51.4 Å². The summed E-state index contributed by atoms with van der Waals surface area (Å²) in [5.41, 5.74) is 0. The highest BCUT2D eigenvalue weighted by Crippen LogP contribution is 2.30. The van der Waals surface area contributed by atoms with E-state index in [4.69, 9.17) is 18.9 Å². The molecule has 2 heterocycles. The molecule has 2 rings (SSSR count). The van der Waals surface area contributed by atoms with E-state index in [1.54, 1.807) is 0 Å². The van der Waals surface area contributed by atoms with E-state index in [1.807, 2.05) is 0 Å². The molecule has 1 amide bonds. The summed E-state index contributed by atoms with van der Waals surface area (Å²) < 4.78 is 22.9. The van der Waals surface area contributed by atoms with Gasteiger partial charge in [0, 0.05) is 6.42 Å². The number of amides is 1. The molecule has 0 radical (unpaired) electrons. The summed E-state index contributed by atoms with van der Waals surface area (Å²) in [6, 6.07) is -0.824. The van der Waals surface area contributed by atoms with Crippen LogP contribution in [-0.2, 0) is 23.7 Å². The van der Waals surface area contributed by atoms with Crippen LogP contribution in [0.4, 0.5) is 0 Å². The molecule has 0 aromatic rings. The predicted molar refractivity (Wildman–Crippen MR) is 342 cm³/mol. The van der Waals surface area contributed by atoms with Crippen LogP contribution in [0.3, 0.4) is 0 Å². The maximum atomic E-state index is 13.4. The Bertz CT molecular complexity index is 1410. The second kappa shape index (κ2) is 56.0. The van der Waals surface area contributed by atoms with Gasteiger partial charge in [0.25, 0.3) is 0 Å². The Labute approximate surface area is 514 Å². The molecule has 500 valence electrons. The molecule has 0 spiro atoms. The van der Waals surface area contributed by atoms with Crippen LogP contribution in [0, 0.1) is 0 Å². The van der Waals surface area contributed by atoms with Gasteiger partial charge in [-0.15, -0.1) is 0 Å². The minimum absolute atomic E-state index is 0.196. The lowest BCUT2D eigenvalue weighted by atomic mass is 9.97. The zero-order valence-corrected chi connectivity index (χ0v) is 54.4. The van der Waals surface area contributed by atoms with Gasteiger partial charge >= 0.3 is 0 Å². The number of carbonyl (C=O) groups excluding carboxylic acids is 1. The summed E-state index contributed by atoms with van der Waals surface area (Å²) >= 11 is 0. The van der Waals surface area contributed by atoms with Gasteiger partial charge in [0.05, 0.1) is 32.0 Å². The maximum absolute atomic E-state index is 13.4. The van der Waals surface area contributed by atoms with E-state index in [9.17, 15) is 45.6 Å². The first kappa shape index (κ1) is 79.1. The summed E-state index contributed by atoms with van der Waals surface area (Å²) in [6.45, 7) is 2.93. The van der Waals surface area contributed by atoms with E-state index in [0.29, 0.717) is 12.8 Å². The Kier molecular flexibility index (Phi) is 52.7. The van der Waals surface area contributed by atoms with Gasteiger partial charge in [-0.05, 0) is 12.8 Å². The van der Waals surface area contributed by atoms with Crippen LogP contribution in [-0.4, -0.2) is 140 Å². The number of hydrogen-bond donors (Lipinski definition) is 9. The summed E-state index contributed by atoms with van der Waals surface area (Å²) in [6.07, 6.45) is 49.8. The zero-order valence-electron chi connectivity index (χ0n) is 54.4. The Morgan fingerprint density at radius 3 is 1.01 bits per heavy atom. The van der Waals surface area contributed by atoms with Crippen molar-refractivity contribution in [2.45, 2.75) is 421 Å². The normalized spacial score (nSPS) is 23.5. The molecule has 12 atom stereocenters. The summed E-state index contributed by atoms with van der Waals surface area (Å²) in [7, 11) is 0. The van der Waals surface area contributed by atoms with Crippen LogP contribution in [0.5, 0.6) is 0 Å². The minimum atomic E-state index is -1.78. The molecule has 0 aliphatic carbocycles. The van der Waals surface area contributed by atoms with Crippen LogP contribution in [0.15, 0.2) is 0 Å². The van der Waals surface area contributed by atoms with E-state index in [-0.39, 0.29) is 12.5 Å². The highest BCUT2D eigenvalue weighted by atomic mass is 16.7. The molecule has 14 heteroatoms. The Hall–Kier alpha value is -1.01. The third-order valence-corrected chi connectivity index (χ3v) is 18.3. The van der Waals surface area contributed by atoms with Gasteiger partial charge in [0.2, 0.25) is 5.91 Å². The molecular formula is C70H137NO13. The summed E-state index contributed by atoms with van der Waals surface area (Å²) in [5.74, 6) is -0.196. The van der Waals surface area contributed by atoms with Crippen LogP contribution < -0.4 is 5.32 Å². The molecule has 0 saturated carbocycles. The Balaban J connectivity index is 1.64. The molecule has 14 nitrogen and oxygen atoms in total. The average Bonchev–Trinajstić information content (AvgIpc) is 3.37. The zero-order chi connectivity index (χ0) is 60.9. The van der Waals surface area contributed by atoms with Gasteiger partial charge < -0.3 is 65.1 Å². The van der Waals surface area contributed by atoms with Gasteiger partial charge in [0.1, 0.15) is 48.8 Å². The quantitative estimate of drug-likeness (QED) is 0.0259. The predicted octanol–water partition coefficient (Wildman–Crippen LogP) is 14.8. The molecule has 2 aliphatic rings. The van der Waals surface area contributed by atoms with E-state index < -0.39 is 86.8 Å².